The highest BCUT2D eigenvalue weighted by Crippen LogP contribution is 2.20. The van der Waals surface area contributed by atoms with Crippen LogP contribution in [0.5, 0.6) is 0 Å². The zero-order valence-corrected chi connectivity index (χ0v) is 15.3. The van der Waals surface area contributed by atoms with E-state index in [1.165, 1.54) is 0 Å². The van der Waals surface area contributed by atoms with Crippen LogP contribution < -0.4 is 5.32 Å². The van der Waals surface area contributed by atoms with Crippen molar-refractivity contribution in [1.82, 2.24) is 5.32 Å². The van der Waals surface area contributed by atoms with Crippen LogP contribution in [0.4, 0.5) is 0 Å². The van der Waals surface area contributed by atoms with Crippen LogP contribution >= 0.6 is 15.9 Å². The first kappa shape index (κ1) is 19.6. The molecule has 1 rings (SSSR count). The average molecular weight is 386 g/mol. The minimum atomic E-state index is -0.966. The predicted octanol–water partition coefficient (Wildman–Crippen LogP) is 3.53. The van der Waals surface area contributed by atoms with Gasteiger partial charge >= 0.3 is 5.97 Å². The lowest BCUT2D eigenvalue weighted by molar-refractivity contribution is -0.138. The Morgan fingerprint density at radius 2 is 1.83 bits per heavy atom. The molecular formula is C17H24BrNO4. The van der Waals surface area contributed by atoms with Crippen LogP contribution in [-0.4, -0.2) is 29.7 Å². The lowest BCUT2D eigenvalue weighted by atomic mass is 10.0. The molecule has 0 spiro atoms. The molecule has 0 heterocycles. The standard InChI is InChI=1S/C17H24BrNO4/c1-11(2)8-9-23-12(3)17(22)19-15(10-16(20)21)13-4-6-14(18)7-5-13/h4-7,11-12,15H,8-10H2,1-3H3,(H,19,22)(H,20,21). The van der Waals surface area contributed by atoms with Crippen LogP contribution in [0.2, 0.25) is 0 Å². The number of hydrogen-bond donors (Lipinski definition) is 2. The number of ether oxygens (including phenoxy) is 1. The number of hydrogen-bond acceptors (Lipinski definition) is 3. The quantitative estimate of drug-likeness (QED) is 0.681. The normalized spacial score (nSPS) is 13.6. The summed E-state index contributed by atoms with van der Waals surface area (Å²) >= 11 is 3.34. The molecule has 5 nitrogen and oxygen atoms in total. The molecule has 1 aromatic rings. The summed E-state index contributed by atoms with van der Waals surface area (Å²) < 4.78 is 6.40. The number of halogens is 1. The van der Waals surface area contributed by atoms with Gasteiger partial charge < -0.3 is 15.2 Å². The van der Waals surface area contributed by atoms with E-state index in [1.807, 2.05) is 12.1 Å². The summed E-state index contributed by atoms with van der Waals surface area (Å²) in [5.41, 5.74) is 0.748. The maximum absolute atomic E-state index is 12.2. The van der Waals surface area contributed by atoms with E-state index in [9.17, 15) is 9.59 Å². The smallest absolute Gasteiger partial charge is 0.305 e. The van der Waals surface area contributed by atoms with E-state index in [2.05, 4.69) is 35.1 Å². The van der Waals surface area contributed by atoms with Crippen molar-refractivity contribution in [3.8, 4) is 0 Å². The minimum absolute atomic E-state index is 0.175. The van der Waals surface area contributed by atoms with Crippen molar-refractivity contribution in [2.45, 2.75) is 45.8 Å². The molecule has 0 aliphatic carbocycles. The monoisotopic (exact) mass is 385 g/mol. The van der Waals surface area contributed by atoms with Gasteiger partial charge in [0, 0.05) is 11.1 Å². The predicted molar refractivity (Wildman–Crippen MR) is 92.1 cm³/mol. The Morgan fingerprint density at radius 3 is 2.35 bits per heavy atom. The van der Waals surface area contributed by atoms with Crippen molar-refractivity contribution in [3.05, 3.63) is 34.3 Å². The molecule has 0 bridgehead atoms. The Balaban J connectivity index is 2.67. The van der Waals surface area contributed by atoms with Gasteiger partial charge in [0.1, 0.15) is 6.10 Å². The number of aliphatic carboxylic acids is 1. The Bertz CT molecular complexity index is 516. The van der Waals surface area contributed by atoms with Gasteiger partial charge in [0.05, 0.1) is 12.5 Å². The molecule has 0 fully saturated rings. The van der Waals surface area contributed by atoms with Gasteiger partial charge in [0.25, 0.3) is 0 Å². The first-order valence-corrected chi connectivity index (χ1v) is 8.48. The van der Waals surface area contributed by atoms with E-state index in [4.69, 9.17) is 9.84 Å². The van der Waals surface area contributed by atoms with Crippen LogP contribution in [-0.2, 0) is 14.3 Å². The lowest BCUT2D eigenvalue weighted by Gasteiger charge is -2.21. The third kappa shape index (κ3) is 7.61. The molecule has 0 radical (unpaired) electrons. The summed E-state index contributed by atoms with van der Waals surface area (Å²) in [7, 11) is 0. The van der Waals surface area contributed by atoms with E-state index in [1.54, 1.807) is 19.1 Å². The van der Waals surface area contributed by atoms with E-state index in [-0.39, 0.29) is 12.3 Å². The summed E-state index contributed by atoms with van der Waals surface area (Å²) in [5.74, 6) is -0.762. The van der Waals surface area contributed by atoms with Gasteiger partial charge in [-0.05, 0) is 37.0 Å². The van der Waals surface area contributed by atoms with Crippen molar-refractivity contribution in [2.75, 3.05) is 6.61 Å². The van der Waals surface area contributed by atoms with Crippen LogP contribution in [0.15, 0.2) is 28.7 Å². The van der Waals surface area contributed by atoms with Gasteiger partial charge in [-0.15, -0.1) is 0 Å². The highest BCUT2D eigenvalue weighted by Gasteiger charge is 2.21. The highest BCUT2D eigenvalue weighted by atomic mass is 79.9. The molecule has 128 valence electrons. The summed E-state index contributed by atoms with van der Waals surface area (Å²) in [4.78, 5) is 23.3. The molecule has 23 heavy (non-hydrogen) atoms. The molecule has 0 saturated heterocycles. The molecule has 2 unspecified atom stereocenters. The second-order valence-corrected chi connectivity index (χ2v) is 6.82. The van der Waals surface area contributed by atoms with Crippen molar-refractivity contribution in [2.24, 2.45) is 5.92 Å². The number of carboxylic acids is 1. The summed E-state index contributed by atoms with van der Waals surface area (Å²) in [6, 6.07) is 6.65. The van der Waals surface area contributed by atoms with Crippen LogP contribution in [0.25, 0.3) is 0 Å². The fourth-order valence-electron chi connectivity index (χ4n) is 1.97. The molecule has 0 aliphatic heterocycles. The van der Waals surface area contributed by atoms with Crippen molar-refractivity contribution >= 4 is 27.8 Å². The number of benzene rings is 1. The third-order valence-corrected chi connectivity index (χ3v) is 3.93. The molecule has 2 N–H and O–H groups in total. The molecule has 0 aromatic heterocycles. The first-order chi connectivity index (χ1) is 10.8. The summed E-state index contributed by atoms with van der Waals surface area (Å²) in [6.07, 6.45) is 0.0927. The molecule has 1 aromatic carbocycles. The average Bonchev–Trinajstić information content (AvgIpc) is 2.46. The van der Waals surface area contributed by atoms with Gasteiger partial charge in [-0.3, -0.25) is 9.59 Å². The lowest BCUT2D eigenvalue weighted by Crippen LogP contribution is -2.38. The Hall–Kier alpha value is -1.40. The highest BCUT2D eigenvalue weighted by molar-refractivity contribution is 9.10. The van der Waals surface area contributed by atoms with Crippen molar-refractivity contribution in [3.63, 3.8) is 0 Å². The van der Waals surface area contributed by atoms with Crippen LogP contribution in [0, 0.1) is 5.92 Å². The zero-order chi connectivity index (χ0) is 17.4. The van der Waals surface area contributed by atoms with Crippen molar-refractivity contribution < 1.29 is 19.4 Å². The van der Waals surface area contributed by atoms with E-state index in [0.29, 0.717) is 12.5 Å². The number of carbonyl (C=O) groups is 2. The summed E-state index contributed by atoms with van der Waals surface area (Å²) in [6.45, 7) is 6.36. The number of carboxylic acid groups (broad SMARTS) is 1. The van der Waals surface area contributed by atoms with E-state index < -0.39 is 18.1 Å². The fourth-order valence-corrected chi connectivity index (χ4v) is 2.23. The van der Waals surface area contributed by atoms with Gasteiger partial charge in [-0.2, -0.15) is 0 Å². The van der Waals surface area contributed by atoms with E-state index >= 15 is 0 Å². The molecule has 0 saturated carbocycles. The summed E-state index contributed by atoms with van der Waals surface area (Å²) in [5, 5.41) is 11.8. The SMILES string of the molecule is CC(C)CCOC(C)C(=O)NC(CC(=O)O)c1ccc(Br)cc1. The van der Waals surface area contributed by atoms with Gasteiger partial charge in [-0.25, -0.2) is 0 Å². The third-order valence-electron chi connectivity index (χ3n) is 3.40. The largest absolute Gasteiger partial charge is 0.481 e. The van der Waals surface area contributed by atoms with Gasteiger partial charge in [0.2, 0.25) is 5.91 Å². The fraction of sp³-hybridized carbons (Fsp3) is 0.529. The maximum Gasteiger partial charge on any atom is 0.305 e. The van der Waals surface area contributed by atoms with Crippen LogP contribution in [0.1, 0.15) is 45.2 Å². The minimum Gasteiger partial charge on any atom is -0.481 e. The van der Waals surface area contributed by atoms with Crippen LogP contribution in [0.3, 0.4) is 0 Å². The number of rotatable bonds is 9. The number of carbonyl (C=O) groups excluding carboxylic acids is 1. The maximum atomic E-state index is 12.2. The topological polar surface area (TPSA) is 75.6 Å². The molecular weight excluding hydrogens is 362 g/mol. The van der Waals surface area contributed by atoms with E-state index in [0.717, 1.165) is 16.5 Å². The number of amides is 1. The number of nitrogens with one attached hydrogen (secondary N) is 1. The second-order valence-electron chi connectivity index (χ2n) is 5.91. The molecule has 2 atom stereocenters. The Morgan fingerprint density at radius 1 is 1.22 bits per heavy atom. The molecule has 1 amide bonds. The first-order valence-electron chi connectivity index (χ1n) is 7.68. The Labute approximate surface area is 145 Å². The molecule has 0 aliphatic rings. The van der Waals surface area contributed by atoms with Gasteiger partial charge in [-0.1, -0.05) is 41.9 Å². The van der Waals surface area contributed by atoms with Gasteiger partial charge in [0.15, 0.2) is 0 Å². The Kier molecular flexibility index (Phi) is 8.26. The second kappa shape index (κ2) is 9.67. The van der Waals surface area contributed by atoms with Crippen molar-refractivity contribution in [1.29, 1.82) is 0 Å². The zero-order valence-electron chi connectivity index (χ0n) is 13.7. The molecule has 6 heteroatoms.